The number of urea groups is 1. The standard InChI is InChI=1S/C16H30N2O/c1-14-6-8-15(9-7-14)10-11-17-16(19)18-12-4-2-3-5-13-18/h14-15H,2-13H2,1H3,(H,17,19). The minimum absolute atomic E-state index is 0.172. The van der Waals surface area contributed by atoms with E-state index in [2.05, 4.69) is 12.2 Å². The predicted molar refractivity (Wildman–Crippen MR) is 79.2 cm³/mol. The second kappa shape index (κ2) is 7.76. The Balaban J connectivity index is 1.60. The smallest absolute Gasteiger partial charge is 0.317 e. The van der Waals surface area contributed by atoms with E-state index in [-0.39, 0.29) is 6.03 Å². The third-order valence-corrected chi connectivity index (χ3v) is 4.86. The summed E-state index contributed by atoms with van der Waals surface area (Å²) in [4.78, 5) is 14.1. The van der Waals surface area contributed by atoms with Gasteiger partial charge in [-0.3, -0.25) is 0 Å². The molecule has 0 spiro atoms. The van der Waals surface area contributed by atoms with E-state index in [1.165, 1.54) is 57.8 Å². The summed E-state index contributed by atoms with van der Waals surface area (Å²) in [7, 11) is 0. The summed E-state index contributed by atoms with van der Waals surface area (Å²) in [6.07, 6.45) is 11.6. The number of carbonyl (C=O) groups is 1. The number of hydrogen-bond acceptors (Lipinski definition) is 1. The molecule has 0 aromatic heterocycles. The summed E-state index contributed by atoms with van der Waals surface area (Å²) in [5.74, 6) is 1.77. The summed E-state index contributed by atoms with van der Waals surface area (Å²) in [5, 5.41) is 3.13. The lowest BCUT2D eigenvalue weighted by Crippen LogP contribution is -2.41. The van der Waals surface area contributed by atoms with Gasteiger partial charge in [0.25, 0.3) is 0 Å². The van der Waals surface area contributed by atoms with Gasteiger partial charge >= 0.3 is 6.03 Å². The van der Waals surface area contributed by atoms with Crippen LogP contribution in [0.3, 0.4) is 0 Å². The Morgan fingerprint density at radius 3 is 2.32 bits per heavy atom. The highest BCUT2D eigenvalue weighted by atomic mass is 16.2. The molecule has 1 N–H and O–H groups in total. The van der Waals surface area contributed by atoms with Gasteiger partial charge in [0.1, 0.15) is 0 Å². The zero-order valence-electron chi connectivity index (χ0n) is 12.5. The van der Waals surface area contributed by atoms with Crippen LogP contribution in [0.1, 0.15) is 64.7 Å². The van der Waals surface area contributed by atoms with Crippen molar-refractivity contribution < 1.29 is 4.79 Å². The van der Waals surface area contributed by atoms with Crippen molar-refractivity contribution in [2.45, 2.75) is 64.7 Å². The number of amides is 2. The first-order valence-corrected chi connectivity index (χ1v) is 8.28. The van der Waals surface area contributed by atoms with Crippen molar-refractivity contribution in [3.8, 4) is 0 Å². The minimum Gasteiger partial charge on any atom is -0.338 e. The SMILES string of the molecule is CC1CCC(CCNC(=O)N2CCCCCC2)CC1. The number of hydrogen-bond donors (Lipinski definition) is 1. The monoisotopic (exact) mass is 266 g/mol. The molecule has 110 valence electrons. The van der Waals surface area contributed by atoms with Crippen LogP contribution in [0.5, 0.6) is 0 Å². The first kappa shape index (κ1) is 14.7. The lowest BCUT2D eigenvalue weighted by molar-refractivity contribution is 0.197. The van der Waals surface area contributed by atoms with Gasteiger partial charge < -0.3 is 10.2 Å². The highest BCUT2D eigenvalue weighted by Gasteiger charge is 2.19. The van der Waals surface area contributed by atoms with E-state index in [4.69, 9.17) is 0 Å². The van der Waals surface area contributed by atoms with Crippen molar-refractivity contribution in [1.82, 2.24) is 10.2 Å². The number of nitrogens with one attached hydrogen (secondary N) is 1. The Kier molecular flexibility index (Phi) is 5.99. The molecule has 0 aromatic rings. The third kappa shape index (κ3) is 5.04. The molecule has 0 atom stereocenters. The normalized spacial score (nSPS) is 28.8. The summed E-state index contributed by atoms with van der Waals surface area (Å²) in [5.41, 5.74) is 0. The average Bonchev–Trinajstić information content (AvgIpc) is 2.70. The van der Waals surface area contributed by atoms with E-state index >= 15 is 0 Å². The minimum atomic E-state index is 0.172. The quantitative estimate of drug-likeness (QED) is 0.828. The van der Waals surface area contributed by atoms with Crippen LogP contribution in [0, 0.1) is 11.8 Å². The fraction of sp³-hybridized carbons (Fsp3) is 0.938. The Hall–Kier alpha value is -0.730. The van der Waals surface area contributed by atoms with E-state index in [1.54, 1.807) is 0 Å². The van der Waals surface area contributed by atoms with Crippen LogP contribution >= 0.6 is 0 Å². The van der Waals surface area contributed by atoms with E-state index in [1.807, 2.05) is 4.90 Å². The van der Waals surface area contributed by atoms with E-state index < -0.39 is 0 Å². The lowest BCUT2D eigenvalue weighted by Gasteiger charge is -2.27. The van der Waals surface area contributed by atoms with Crippen molar-refractivity contribution in [2.75, 3.05) is 19.6 Å². The van der Waals surface area contributed by atoms with Gasteiger partial charge in [0.2, 0.25) is 0 Å². The summed E-state index contributed by atoms with van der Waals surface area (Å²) < 4.78 is 0. The van der Waals surface area contributed by atoms with E-state index in [9.17, 15) is 4.79 Å². The van der Waals surface area contributed by atoms with Crippen LogP contribution in [-0.4, -0.2) is 30.6 Å². The third-order valence-electron chi connectivity index (χ3n) is 4.86. The van der Waals surface area contributed by atoms with Gasteiger partial charge in [-0.15, -0.1) is 0 Å². The van der Waals surface area contributed by atoms with Gasteiger partial charge in [0.15, 0.2) is 0 Å². The number of nitrogens with zero attached hydrogens (tertiary/aromatic N) is 1. The molecule has 1 heterocycles. The first-order chi connectivity index (χ1) is 9.25. The van der Waals surface area contributed by atoms with Gasteiger partial charge in [0, 0.05) is 19.6 Å². The molecule has 3 nitrogen and oxygen atoms in total. The second-order valence-corrected chi connectivity index (χ2v) is 6.55. The lowest BCUT2D eigenvalue weighted by atomic mass is 9.81. The van der Waals surface area contributed by atoms with Crippen molar-refractivity contribution in [1.29, 1.82) is 0 Å². The van der Waals surface area contributed by atoms with Crippen LogP contribution in [0.4, 0.5) is 4.79 Å². The molecule has 19 heavy (non-hydrogen) atoms. The highest BCUT2D eigenvalue weighted by Crippen LogP contribution is 2.29. The van der Waals surface area contributed by atoms with Gasteiger partial charge in [-0.1, -0.05) is 45.4 Å². The van der Waals surface area contributed by atoms with Crippen molar-refractivity contribution in [3.63, 3.8) is 0 Å². The topological polar surface area (TPSA) is 32.3 Å². The fourth-order valence-electron chi connectivity index (χ4n) is 3.39. The van der Waals surface area contributed by atoms with Gasteiger partial charge in [-0.25, -0.2) is 4.79 Å². The van der Waals surface area contributed by atoms with E-state index in [0.29, 0.717) is 0 Å². The molecule has 1 aliphatic carbocycles. The molecule has 0 radical (unpaired) electrons. The van der Waals surface area contributed by atoms with Crippen LogP contribution in [-0.2, 0) is 0 Å². The Morgan fingerprint density at radius 1 is 1.05 bits per heavy atom. The fourth-order valence-corrected chi connectivity index (χ4v) is 3.39. The molecule has 0 aromatic carbocycles. The maximum atomic E-state index is 12.1. The number of likely N-dealkylation sites (tertiary alicyclic amines) is 1. The number of rotatable bonds is 3. The maximum Gasteiger partial charge on any atom is 0.317 e. The number of carbonyl (C=O) groups excluding carboxylic acids is 1. The zero-order chi connectivity index (χ0) is 13.5. The van der Waals surface area contributed by atoms with Gasteiger partial charge in [0.05, 0.1) is 0 Å². The molecule has 3 heteroatoms. The summed E-state index contributed by atoms with van der Waals surface area (Å²) in [6, 6.07) is 0.172. The summed E-state index contributed by atoms with van der Waals surface area (Å²) >= 11 is 0. The van der Waals surface area contributed by atoms with Crippen molar-refractivity contribution >= 4 is 6.03 Å². The molecule has 2 rings (SSSR count). The summed E-state index contributed by atoms with van der Waals surface area (Å²) in [6.45, 7) is 5.13. The average molecular weight is 266 g/mol. The molecule has 2 fully saturated rings. The van der Waals surface area contributed by atoms with Gasteiger partial charge in [-0.05, 0) is 31.1 Å². The first-order valence-electron chi connectivity index (χ1n) is 8.28. The molecule has 2 amide bonds. The molecular weight excluding hydrogens is 236 g/mol. The maximum absolute atomic E-state index is 12.1. The van der Waals surface area contributed by atoms with Crippen LogP contribution in [0.25, 0.3) is 0 Å². The Bertz CT molecular complexity index is 264. The van der Waals surface area contributed by atoms with E-state index in [0.717, 1.165) is 31.5 Å². The van der Waals surface area contributed by atoms with Crippen LogP contribution < -0.4 is 5.32 Å². The Labute approximate surface area is 118 Å². The van der Waals surface area contributed by atoms with Gasteiger partial charge in [-0.2, -0.15) is 0 Å². The van der Waals surface area contributed by atoms with Crippen molar-refractivity contribution in [3.05, 3.63) is 0 Å². The Morgan fingerprint density at radius 2 is 1.68 bits per heavy atom. The molecule has 1 aliphatic heterocycles. The predicted octanol–water partition coefficient (Wildman–Crippen LogP) is 3.79. The largest absolute Gasteiger partial charge is 0.338 e. The molecule has 1 saturated heterocycles. The van der Waals surface area contributed by atoms with Crippen molar-refractivity contribution in [2.24, 2.45) is 11.8 Å². The molecule has 1 saturated carbocycles. The molecular formula is C16H30N2O. The molecule has 0 unspecified atom stereocenters. The van der Waals surface area contributed by atoms with Crippen LogP contribution in [0.15, 0.2) is 0 Å². The molecule has 2 aliphatic rings. The molecule has 0 bridgehead atoms. The van der Waals surface area contributed by atoms with Crippen LogP contribution in [0.2, 0.25) is 0 Å². The second-order valence-electron chi connectivity index (χ2n) is 6.55. The highest BCUT2D eigenvalue weighted by molar-refractivity contribution is 5.74. The zero-order valence-corrected chi connectivity index (χ0v) is 12.5.